The molecule has 0 unspecified atom stereocenters. The van der Waals surface area contributed by atoms with E-state index in [-0.39, 0.29) is 6.07 Å². The number of esters is 1. The molecule has 1 aromatic rings. The fraction of sp³-hybridized carbons (Fsp3) is 0.0909. The van der Waals surface area contributed by atoms with Gasteiger partial charge in [0.15, 0.2) is 11.6 Å². The van der Waals surface area contributed by atoms with Crippen LogP contribution in [-0.2, 0) is 9.53 Å². The highest BCUT2D eigenvalue weighted by Crippen LogP contribution is 2.17. The molecule has 0 saturated heterocycles. The van der Waals surface area contributed by atoms with Crippen molar-refractivity contribution in [1.29, 1.82) is 0 Å². The summed E-state index contributed by atoms with van der Waals surface area (Å²) in [5.74, 6) is -6.46. The molecule has 0 spiro atoms. The minimum Gasteiger partial charge on any atom is -0.465 e. The van der Waals surface area contributed by atoms with Gasteiger partial charge < -0.3 is 10.5 Å². The van der Waals surface area contributed by atoms with Crippen molar-refractivity contribution in [2.75, 3.05) is 7.11 Å². The summed E-state index contributed by atoms with van der Waals surface area (Å²) in [6.07, 6.45) is 0.606. The maximum absolute atomic E-state index is 13.3. The van der Waals surface area contributed by atoms with Crippen LogP contribution in [0.3, 0.4) is 0 Å². The molecule has 0 aromatic heterocycles. The summed E-state index contributed by atoms with van der Waals surface area (Å²) >= 11 is 0. The number of ketones is 1. The zero-order valence-electron chi connectivity index (χ0n) is 9.17. The van der Waals surface area contributed by atoms with Gasteiger partial charge in [0, 0.05) is 12.3 Å². The number of hydrogen-bond donors (Lipinski definition) is 1. The lowest BCUT2D eigenvalue weighted by Crippen LogP contribution is -2.18. The molecule has 0 aliphatic heterocycles. The monoisotopic (exact) mass is 259 g/mol. The fourth-order valence-corrected chi connectivity index (χ4v) is 1.19. The van der Waals surface area contributed by atoms with E-state index < -0.39 is 40.3 Å². The lowest BCUT2D eigenvalue weighted by Gasteiger charge is -2.05. The van der Waals surface area contributed by atoms with Crippen molar-refractivity contribution in [2.45, 2.75) is 0 Å². The number of benzene rings is 1. The number of Topliss-reactive ketones (excluding diaryl/α,β-unsaturated/α-hetero) is 1. The smallest absolute Gasteiger partial charge is 0.343 e. The van der Waals surface area contributed by atoms with Gasteiger partial charge in [0.05, 0.1) is 12.7 Å². The minimum absolute atomic E-state index is 0.202. The maximum Gasteiger partial charge on any atom is 0.343 e. The number of methoxy groups -OCH3 is 1. The predicted octanol–water partition coefficient (Wildman–Crippen LogP) is 1.30. The fourth-order valence-electron chi connectivity index (χ4n) is 1.19. The first kappa shape index (κ1) is 13.8. The van der Waals surface area contributed by atoms with Gasteiger partial charge in [-0.2, -0.15) is 0 Å². The van der Waals surface area contributed by atoms with E-state index in [0.717, 1.165) is 7.11 Å². The lowest BCUT2D eigenvalue weighted by molar-refractivity contribution is -0.135. The highest BCUT2D eigenvalue weighted by Gasteiger charge is 2.24. The van der Waals surface area contributed by atoms with Crippen LogP contribution in [0.4, 0.5) is 13.2 Å². The van der Waals surface area contributed by atoms with Gasteiger partial charge >= 0.3 is 5.97 Å². The molecule has 0 bridgehead atoms. The highest BCUT2D eigenvalue weighted by molar-refractivity contribution is 6.24. The molecular weight excluding hydrogens is 251 g/mol. The van der Waals surface area contributed by atoms with E-state index in [1.807, 2.05) is 0 Å². The zero-order valence-corrected chi connectivity index (χ0v) is 9.17. The van der Waals surface area contributed by atoms with E-state index in [4.69, 9.17) is 5.73 Å². The summed E-state index contributed by atoms with van der Waals surface area (Å²) in [5.41, 5.74) is 3.54. The Morgan fingerprint density at radius 2 is 1.72 bits per heavy atom. The Bertz CT molecular complexity index is 541. The van der Waals surface area contributed by atoms with E-state index in [9.17, 15) is 22.8 Å². The molecule has 0 heterocycles. The molecule has 18 heavy (non-hydrogen) atoms. The van der Waals surface area contributed by atoms with Crippen LogP contribution in [0, 0.1) is 17.5 Å². The third-order valence-corrected chi connectivity index (χ3v) is 2.07. The molecule has 0 saturated carbocycles. The van der Waals surface area contributed by atoms with Crippen LogP contribution in [0.15, 0.2) is 23.9 Å². The number of hydrogen-bond acceptors (Lipinski definition) is 4. The summed E-state index contributed by atoms with van der Waals surface area (Å²) in [4.78, 5) is 22.8. The van der Waals surface area contributed by atoms with Crippen molar-refractivity contribution in [3.63, 3.8) is 0 Å². The normalized spacial score (nSPS) is 11.2. The Hall–Kier alpha value is -2.31. The first-order chi connectivity index (χ1) is 8.42. The molecule has 0 radical (unpaired) electrons. The second-order valence-electron chi connectivity index (χ2n) is 3.15. The average molecular weight is 259 g/mol. The van der Waals surface area contributed by atoms with Crippen molar-refractivity contribution >= 4 is 11.8 Å². The molecule has 2 N–H and O–H groups in total. The van der Waals surface area contributed by atoms with Crippen LogP contribution in [0.2, 0.25) is 0 Å². The van der Waals surface area contributed by atoms with Crippen LogP contribution in [0.1, 0.15) is 10.4 Å². The Morgan fingerprint density at radius 1 is 1.17 bits per heavy atom. The van der Waals surface area contributed by atoms with E-state index >= 15 is 0 Å². The first-order valence-electron chi connectivity index (χ1n) is 4.61. The van der Waals surface area contributed by atoms with Gasteiger partial charge in [-0.05, 0) is 6.07 Å². The first-order valence-corrected chi connectivity index (χ1v) is 4.61. The number of carbonyl (C=O) groups is 2. The summed E-state index contributed by atoms with van der Waals surface area (Å²) in [6.45, 7) is 0. The largest absolute Gasteiger partial charge is 0.465 e. The van der Waals surface area contributed by atoms with Crippen LogP contribution >= 0.6 is 0 Å². The van der Waals surface area contributed by atoms with Gasteiger partial charge in [-0.1, -0.05) is 0 Å². The standard InChI is InChI=1S/C11H8F3NO3/c1-18-11(17)6(4-15)10(16)5-2-8(13)9(14)3-7(5)12/h2-4H,15H2,1H3. The molecule has 0 fully saturated rings. The van der Waals surface area contributed by atoms with E-state index in [0.29, 0.717) is 12.3 Å². The molecule has 4 nitrogen and oxygen atoms in total. The number of carbonyl (C=O) groups excluding carboxylic acids is 2. The van der Waals surface area contributed by atoms with Crippen molar-refractivity contribution < 1.29 is 27.5 Å². The SMILES string of the molecule is COC(=O)C(=CN)C(=O)c1cc(F)c(F)cc1F. The van der Waals surface area contributed by atoms with Gasteiger partial charge in [-0.15, -0.1) is 0 Å². The lowest BCUT2D eigenvalue weighted by atomic mass is 10.0. The van der Waals surface area contributed by atoms with Crippen LogP contribution in [0.25, 0.3) is 0 Å². The maximum atomic E-state index is 13.3. The van der Waals surface area contributed by atoms with Gasteiger partial charge in [-0.25, -0.2) is 18.0 Å². The van der Waals surface area contributed by atoms with Crippen molar-refractivity contribution in [3.05, 3.63) is 46.9 Å². The van der Waals surface area contributed by atoms with Gasteiger partial charge in [-0.3, -0.25) is 4.79 Å². The predicted molar refractivity (Wildman–Crippen MR) is 54.9 cm³/mol. The topological polar surface area (TPSA) is 69.4 Å². The van der Waals surface area contributed by atoms with E-state index in [1.165, 1.54) is 0 Å². The summed E-state index contributed by atoms with van der Waals surface area (Å²) in [5, 5.41) is 0. The highest BCUT2D eigenvalue weighted by atomic mass is 19.2. The Kier molecular flexibility index (Phi) is 4.09. The Balaban J connectivity index is 3.27. The van der Waals surface area contributed by atoms with Crippen LogP contribution < -0.4 is 5.73 Å². The summed E-state index contributed by atoms with van der Waals surface area (Å²) < 4.78 is 43.1. The van der Waals surface area contributed by atoms with Gasteiger partial charge in [0.2, 0.25) is 5.78 Å². The average Bonchev–Trinajstić information content (AvgIpc) is 2.34. The number of rotatable bonds is 3. The quantitative estimate of drug-likeness (QED) is 0.222. The second kappa shape index (κ2) is 5.35. The summed E-state index contributed by atoms with van der Waals surface area (Å²) in [6, 6.07) is 0.549. The van der Waals surface area contributed by atoms with Crippen LogP contribution in [-0.4, -0.2) is 18.9 Å². The molecule has 96 valence electrons. The molecule has 7 heteroatoms. The van der Waals surface area contributed by atoms with E-state index in [2.05, 4.69) is 4.74 Å². The number of nitrogens with two attached hydrogens (primary N) is 1. The van der Waals surface area contributed by atoms with Gasteiger partial charge in [0.25, 0.3) is 0 Å². The molecule has 0 aliphatic rings. The molecular formula is C11H8F3NO3. The molecule has 0 atom stereocenters. The van der Waals surface area contributed by atoms with Crippen molar-refractivity contribution in [2.24, 2.45) is 5.73 Å². The molecule has 0 amide bonds. The Morgan fingerprint density at radius 3 is 2.22 bits per heavy atom. The molecule has 1 rings (SSSR count). The zero-order chi connectivity index (χ0) is 13.9. The summed E-state index contributed by atoms with van der Waals surface area (Å²) in [7, 11) is 0.987. The van der Waals surface area contributed by atoms with Crippen molar-refractivity contribution in [1.82, 2.24) is 0 Å². The van der Waals surface area contributed by atoms with Crippen LogP contribution in [0.5, 0.6) is 0 Å². The van der Waals surface area contributed by atoms with E-state index in [1.54, 1.807) is 0 Å². The number of halogens is 3. The molecule has 0 aliphatic carbocycles. The molecule has 1 aromatic carbocycles. The third-order valence-electron chi connectivity index (χ3n) is 2.07. The third kappa shape index (κ3) is 2.50. The van der Waals surface area contributed by atoms with Gasteiger partial charge in [0.1, 0.15) is 11.4 Å². The minimum atomic E-state index is -1.44. The number of ether oxygens (including phenoxy) is 1. The second-order valence-corrected chi connectivity index (χ2v) is 3.15. The van der Waals surface area contributed by atoms with Crippen molar-refractivity contribution in [3.8, 4) is 0 Å². The Labute approximate surface area is 99.8 Å².